The highest BCUT2D eigenvalue weighted by molar-refractivity contribution is 9.09. The number of nitrogens with zero attached hydrogens (tertiary/aromatic N) is 1. The van der Waals surface area contributed by atoms with Gasteiger partial charge in [-0.3, -0.25) is 4.79 Å². The number of rotatable bonds is 6. The molecule has 18 heavy (non-hydrogen) atoms. The first-order chi connectivity index (χ1) is 8.54. The normalized spacial score (nSPS) is 10.7. The van der Waals surface area contributed by atoms with Crippen LogP contribution in [0.1, 0.15) is 31.4 Å². The smallest absolute Gasteiger partial charge is 0.227 e. The van der Waals surface area contributed by atoms with Crippen molar-refractivity contribution in [2.75, 3.05) is 11.9 Å². The van der Waals surface area contributed by atoms with Crippen molar-refractivity contribution in [1.82, 2.24) is 4.90 Å². The topological polar surface area (TPSA) is 20.3 Å². The molecular weight excluding hydrogens is 290 g/mol. The van der Waals surface area contributed by atoms with E-state index in [0.717, 1.165) is 23.9 Å². The Kier molecular flexibility index (Phi) is 6.41. The van der Waals surface area contributed by atoms with Gasteiger partial charge in [-0.1, -0.05) is 45.8 Å². The maximum Gasteiger partial charge on any atom is 0.227 e. The van der Waals surface area contributed by atoms with E-state index in [1.54, 1.807) is 0 Å². The molecule has 0 aliphatic carbocycles. The third-order valence-corrected chi connectivity index (χ3v) is 3.51. The quantitative estimate of drug-likeness (QED) is 0.736. The number of benzene rings is 1. The molecule has 1 rings (SSSR count). The Balaban J connectivity index is 2.63. The Morgan fingerprint density at radius 2 is 1.89 bits per heavy atom. The summed E-state index contributed by atoms with van der Waals surface area (Å²) in [5.74, 6) is 0.217. The molecule has 0 N–H and O–H groups in total. The van der Waals surface area contributed by atoms with Crippen molar-refractivity contribution in [1.29, 1.82) is 0 Å². The van der Waals surface area contributed by atoms with Crippen LogP contribution >= 0.6 is 15.9 Å². The summed E-state index contributed by atoms with van der Waals surface area (Å²) < 4.78 is 0. The first kappa shape index (κ1) is 15.2. The molecule has 100 valence electrons. The third kappa shape index (κ3) is 4.81. The van der Waals surface area contributed by atoms with Crippen molar-refractivity contribution >= 4 is 21.8 Å². The van der Waals surface area contributed by atoms with Crippen LogP contribution in [-0.2, 0) is 11.2 Å². The van der Waals surface area contributed by atoms with Crippen LogP contribution in [0, 0.1) is 6.92 Å². The van der Waals surface area contributed by atoms with E-state index in [4.69, 9.17) is 0 Å². The summed E-state index contributed by atoms with van der Waals surface area (Å²) in [4.78, 5) is 14.2. The first-order valence-corrected chi connectivity index (χ1v) is 7.57. The van der Waals surface area contributed by atoms with E-state index in [2.05, 4.69) is 48.8 Å². The second-order valence-corrected chi connectivity index (χ2v) is 5.68. The van der Waals surface area contributed by atoms with Gasteiger partial charge in [0.05, 0.1) is 6.42 Å². The van der Waals surface area contributed by atoms with E-state index in [-0.39, 0.29) is 11.9 Å². The van der Waals surface area contributed by atoms with E-state index < -0.39 is 0 Å². The summed E-state index contributed by atoms with van der Waals surface area (Å²) in [5, 5.41) is 0.939. The van der Waals surface area contributed by atoms with Gasteiger partial charge < -0.3 is 4.90 Å². The summed E-state index contributed by atoms with van der Waals surface area (Å²) in [5.41, 5.74) is 2.32. The van der Waals surface area contributed by atoms with Crippen LogP contribution in [-0.4, -0.2) is 28.7 Å². The molecule has 1 aromatic rings. The Morgan fingerprint density at radius 1 is 1.28 bits per heavy atom. The highest BCUT2D eigenvalue weighted by Crippen LogP contribution is 2.09. The number of amides is 1. The van der Waals surface area contributed by atoms with Crippen molar-refractivity contribution in [2.24, 2.45) is 0 Å². The molecule has 0 aliphatic rings. The molecule has 0 aliphatic heterocycles. The van der Waals surface area contributed by atoms with Gasteiger partial charge in [-0.05, 0) is 32.8 Å². The summed E-state index contributed by atoms with van der Waals surface area (Å²) >= 11 is 3.41. The SMILES string of the molecule is Cc1ccc(CC(=O)N(CCCBr)C(C)C)cc1. The van der Waals surface area contributed by atoms with Crippen LogP contribution in [0.3, 0.4) is 0 Å². The van der Waals surface area contributed by atoms with Crippen molar-refractivity contribution in [3.05, 3.63) is 35.4 Å². The van der Waals surface area contributed by atoms with Crippen molar-refractivity contribution in [3.8, 4) is 0 Å². The summed E-state index contributed by atoms with van der Waals surface area (Å²) in [6.07, 6.45) is 1.50. The van der Waals surface area contributed by atoms with Gasteiger partial charge in [0.25, 0.3) is 0 Å². The summed E-state index contributed by atoms with van der Waals surface area (Å²) in [7, 11) is 0. The number of halogens is 1. The monoisotopic (exact) mass is 311 g/mol. The number of hydrogen-bond acceptors (Lipinski definition) is 1. The van der Waals surface area contributed by atoms with Gasteiger partial charge in [-0.15, -0.1) is 0 Å². The molecule has 0 bridgehead atoms. The lowest BCUT2D eigenvalue weighted by molar-refractivity contribution is -0.132. The fraction of sp³-hybridized carbons (Fsp3) is 0.533. The molecule has 2 nitrogen and oxygen atoms in total. The zero-order chi connectivity index (χ0) is 13.5. The maximum absolute atomic E-state index is 12.3. The van der Waals surface area contributed by atoms with E-state index >= 15 is 0 Å². The van der Waals surface area contributed by atoms with E-state index in [1.807, 2.05) is 17.0 Å². The molecular formula is C15H22BrNO. The van der Waals surface area contributed by atoms with Gasteiger partial charge in [0.15, 0.2) is 0 Å². The summed E-state index contributed by atoms with van der Waals surface area (Å²) in [6.45, 7) is 7.03. The zero-order valence-corrected chi connectivity index (χ0v) is 13.0. The molecule has 1 aromatic carbocycles. The Morgan fingerprint density at radius 3 is 2.39 bits per heavy atom. The van der Waals surface area contributed by atoms with Gasteiger partial charge in [0.2, 0.25) is 5.91 Å². The van der Waals surface area contributed by atoms with Gasteiger partial charge in [0, 0.05) is 17.9 Å². The molecule has 0 saturated carbocycles. The van der Waals surface area contributed by atoms with Crippen LogP contribution in [0.4, 0.5) is 0 Å². The zero-order valence-electron chi connectivity index (χ0n) is 11.4. The molecule has 0 spiro atoms. The molecule has 0 atom stereocenters. The molecule has 0 saturated heterocycles. The lowest BCUT2D eigenvalue weighted by Gasteiger charge is -2.26. The third-order valence-electron chi connectivity index (χ3n) is 2.95. The molecule has 0 radical (unpaired) electrons. The Labute approximate surface area is 119 Å². The molecule has 0 heterocycles. The van der Waals surface area contributed by atoms with Crippen LogP contribution in [0.25, 0.3) is 0 Å². The number of aryl methyl sites for hydroxylation is 1. The lowest BCUT2D eigenvalue weighted by atomic mass is 10.1. The Hall–Kier alpha value is -0.830. The number of carbonyl (C=O) groups is 1. The highest BCUT2D eigenvalue weighted by Gasteiger charge is 2.16. The fourth-order valence-corrected chi connectivity index (χ4v) is 2.13. The van der Waals surface area contributed by atoms with Gasteiger partial charge >= 0.3 is 0 Å². The van der Waals surface area contributed by atoms with Crippen LogP contribution in [0.2, 0.25) is 0 Å². The van der Waals surface area contributed by atoms with Gasteiger partial charge in [-0.2, -0.15) is 0 Å². The van der Waals surface area contributed by atoms with Gasteiger partial charge in [0.1, 0.15) is 0 Å². The predicted molar refractivity (Wildman–Crippen MR) is 80.1 cm³/mol. The minimum atomic E-state index is 0.217. The van der Waals surface area contributed by atoms with E-state index in [0.29, 0.717) is 6.42 Å². The standard InChI is InChI=1S/C15H22BrNO/c1-12(2)17(10-4-9-16)15(18)11-14-7-5-13(3)6-8-14/h5-8,12H,4,9-11H2,1-3H3. The second kappa shape index (κ2) is 7.57. The molecule has 3 heteroatoms. The van der Waals surface area contributed by atoms with Crippen LogP contribution in [0.15, 0.2) is 24.3 Å². The molecule has 0 fully saturated rings. The molecule has 0 unspecified atom stereocenters. The lowest BCUT2D eigenvalue weighted by Crippen LogP contribution is -2.38. The number of hydrogen-bond donors (Lipinski definition) is 0. The second-order valence-electron chi connectivity index (χ2n) is 4.89. The molecule has 0 aromatic heterocycles. The predicted octanol–water partition coefficient (Wildman–Crippen LogP) is 3.56. The van der Waals surface area contributed by atoms with Crippen LogP contribution in [0.5, 0.6) is 0 Å². The van der Waals surface area contributed by atoms with E-state index in [1.165, 1.54) is 5.56 Å². The van der Waals surface area contributed by atoms with Gasteiger partial charge in [-0.25, -0.2) is 0 Å². The minimum Gasteiger partial charge on any atom is -0.340 e. The fourth-order valence-electron chi connectivity index (χ4n) is 1.88. The molecule has 1 amide bonds. The van der Waals surface area contributed by atoms with Crippen molar-refractivity contribution < 1.29 is 4.79 Å². The first-order valence-electron chi connectivity index (χ1n) is 6.45. The number of alkyl halides is 1. The largest absolute Gasteiger partial charge is 0.340 e. The average Bonchev–Trinajstić information content (AvgIpc) is 2.32. The highest BCUT2D eigenvalue weighted by atomic mass is 79.9. The average molecular weight is 312 g/mol. The Bertz CT molecular complexity index is 373. The minimum absolute atomic E-state index is 0.217. The van der Waals surface area contributed by atoms with E-state index in [9.17, 15) is 4.79 Å². The van der Waals surface area contributed by atoms with Crippen LogP contribution < -0.4 is 0 Å². The maximum atomic E-state index is 12.3. The number of carbonyl (C=O) groups excluding carboxylic acids is 1. The van der Waals surface area contributed by atoms with Crippen molar-refractivity contribution in [2.45, 2.75) is 39.7 Å². The van der Waals surface area contributed by atoms with Crippen molar-refractivity contribution in [3.63, 3.8) is 0 Å². The summed E-state index contributed by atoms with van der Waals surface area (Å²) in [6, 6.07) is 8.45.